The Kier molecular flexibility index (Phi) is 9.31. The number of carbonyl (C=O) groups is 2. The molecular weight excluding hydrogens is 567 g/mol. The van der Waals surface area contributed by atoms with Crippen molar-refractivity contribution in [3.63, 3.8) is 0 Å². The van der Waals surface area contributed by atoms with E-state index in [-0.39, 0.29) is 5.91 Å². The lowest BCUT2D eigenvalue weighted by molar-refractivity contribution is -0.192. The number of carboxylic acids is 1. The van der Waals surface area contributed by atoms with E-state index in [0.29, 0.717) is 6.54 Å². The number of ether oxygens (including phenoxy) is 2. The maximum atomic E-state index is 12.2. The Bertz CT molecular complexity index is 1480. The van der Waals surface area contributed by atoms with Crippen molar-refractivity contribution in [2.75, 3.05) is 69.0 Å². The number of carbonyl (C=O) groups excluding carboxylic acids is 1. The highest BCUT2D eigenvalue weighted by Gasteiger charge is 2.38. The first-order chi connectivity index (χ1) is 20.7. The van der Waals surface area contributed by atoms with Crippen molar-refractivity contribution in [2.45, 2.75) is 12.6 Å². The Balaban J connectivity index is 0.000000472. The molecule has 3 N–H and O–H groups in total. The zero-order chi connectivity index (χ0) is 30.4. The van der Waals surface area contributed by atoms with E-state index in [1.54, 1.807) is 0 Å². The van der Waals surface area contributed by atoms with Crippen LogP contribution in [0.15, 0.2) is 42.6 Å². The predicted molar refractivity (Wildman–Crippen MR) is 155 cm³/mol. The van der Waals surface area contributed by atoms with E-state index in [2.05, 4.69) is 61.5 Å². The number of aromatic amines is 1. The lowest BCUT2D eigenvalue weighted by Crippen LogP contribution is -2.38. The van der Waals surface area contributed by atoms with Gasteiger partial charge < -0.3 is 34.7 Å². The van der Waals surface area contributed by atoms with Gasteiger partial charge in [-0.15, -0.1) is 0 Å². The zero-order valence-corrected chi connectivity index (χ0v) is 23.3. The van der Waals surface area contributed by atoms with Gasteiger partial charge in [0.1, 0.15) is 0 Å². The molecule has 0 radical (unpaired) electrons. The molecular formula is C30H32F3N5O5. The Morgan fingerprint density at radius 2 is 1.63 bits per heavy atom. The van der Waals surface area contributed by atoms with Gasteiger partial charge >= 0.3 is 12.1 Å². The van der Waals surface area contributed by atoms with E-state index in [1.165, 1.54) is 11.4 Å². The first kappa shape index (κ1) is 30.1. The van der Waals surface area contributed by atoms with Gasteiger partial charge in [-0.2, -0.15) is 13.2 Å². The fourth-order valence-corrected chi connectivity index (χ4v) is 5.10. The quantitative estimate of drug-likeness (QED) is 0.405. The second kappa shape index (κ2) is 13.3. The molecule has 0 spiro atoms. The van der Waals surface area contributed by atoms with Crippen LogP contribution in [0.5, 0.6) is 0 Å². The minimum atomic E-state index is -5.08. The summed E-state index contributed by atoms with van der Waals surface area (Å²) in [5.74, 6) is -2.77. The average Bonchev–Trinajstić information content (AvgIpc) is 3.47. The lowest BCUT2D eigenvalue weighted by Gasteiger charge is -2.33. The SMILES string of the molecule is O=C(O)C(F)(F)F.O=C1NCCc2[nH]c(-c3ccnc(/C=C/c4ccc(N5CCOCC5)cc4N4CCOCC4)c3)cc21. The number of nitrogens with zero attached hydrogens (tertiary/aromatic N) is 3. The first-order valence-electron chi connectivity index (χ1n) is 13.9. The van der Waals surface area contributed by atoms with Crippen LogP contribution in [0.1, 0.15) is 27.3 Å². The van der Waals surface area contributed by atoms with Crippen molar-refractivity contribution in [1.29, 1.82) is 0 Å². The number of amides is 1. The van der Waals surface area contributed by atoms with Gasteiger partial charge in [-0.05, 0) is 42.0 Å². The number of nitrogens with one attached hydrogen (secondary N) is 2. The fraction of sp³-hybridized carbons (Fsp3) is 0.367. The summed E-state index contributed by atoms with van der Waals surface area (Å²) in [6, 6.07) is 12.7. The number of anilines is 2. The second-order valence-electron chi connectivity index (χ2n) is 10.1. The van der Waals surface area contributed by atoms with E-state index in [9.17, 15) is 18.0 Å². The summed E-state index contributed by atoms with van der Waals surface area (Å²) >= 11 is 0. The van der Waals surface area contributed by atoms with Gasteiger partial charge in [0.25, 0.3) is 5.91 Å². The van der Waals surface area contributed by atoms with Crippen LogP contribution in [0.3, 0.4) is 0 Å². The number of pyridine rings is 1. The Labute approximate surface area is 246 Å². The summed E-state index contributed by atoms with van der Waals surface area (Å²) in [7, 11) is 0. The molecule has 0 bridgehead atoms. The second-order valence-corrected chi connectivity index (χ2v) is 10.1. The van der Waals surface area contributed by atoms with Crippen LogP contribution >= 0.6 is 0 Å². The standard InChI is InChI=1S/C28H31N5O3.C2HF3O2/c34-28-24-19-26(31-25(24)6-8-30-28)21-5-7-29-22(17-21)3-1-20-2-4-23(32-9-13-35-14-10-32)18-27(20)33-11-15-36-16-12-33;3-2(4,5)1(6)7/h1-5,7,17-19,31H,6,8-16H2,(H,30,34);(H,6,7)/b3-1+;. The number of fused-ring (bicyclic) bond motifs is 1. The monoisotopic (exact) mass is 599 g/mol. The normalized spacial score (nSPS) is 17.2. The molecule has 2 aromatic heterocycles. The van der Waals surface area contributed by atoms with Crippen molar-refractivity contribution in [3.05, 3.63) is 65.1 Å². The smallest absolute Gasteiger partial charge is 0.475 e. The number of H-pyrrole nitrogens is 1. The molecule has 13 heteroatoms. The highest BCUT2D eigenvalue weighted by molar-refractivity contribution is 5.97. The summed E-state index contributed by atoms with van der Waals surface area (Å²) in [5, 5.41) is 10.0. The van der Waals surface area contributed by atoms with E-state index in [0.717, 1.165) is 92.8 Å². The van der Waals surface area contributed by atoms with Crippen LogP contribution in [0.2, 0.25) is 0 Å². The van der Waals surface area contributed by atoms with Gasteiger partial charge in [0.2, 0.25) is 0 Å². The summed E-state index contributed by atoms with van der Waals surface area (Å²) in [6.07, 6.45) is 1.77. The maximum absolute atomic E-state index is 12.2. The van der Waals surface area contributed by atoms with Crippen molar-refractivity contribution in [3.8, 4) is 11.3 Å². The van der Waals surface area contributed by atoms with Gasteiger partial charge in [0.15, 0.2) is 0 Å². The number of carboxylic acid groups (broad SMARTS) is 1. The van der Waals surface area contributed by atoms with Crippen molar-refractivity contribution >= 4 is 35.4 Å². The Morgan fingerprint density at radius 1 is 0.953 bits per heavy atom. The number of benzene rings is 1. The molecule has 3 aromatic rings. The molecule has 3 aliphatic rings. The molecule has 1 amide bonds. The number of hydrogen-bond donors (Lipinski definition) is 3. The van der Waals surface area contributed by atoms with E-state index in [1.807, 2.05) is 18.3 Å². The number of aliphatic carboxylic acids is 1. The number of rotatable bonds is 5. The van der Waals surface area contributed by atoms with E-state index >= 15 is 0 Å². The molecule has 2 saturated heterocycles. The first-order valence-corrected chi connectivity index (χ1v) is 13.9. The van der Waals surface area contributed by atoms with Crippen LogP contribution in [-0.4, -0.2) is 92.3 Å². The highest BCUT2D eigenvalue weighted by atomic mass is 19.4. The topological polar surface area (TPSA) is 120 Å². The zero-order valence-electron chi connectivity index (χ0n) is 23.3. The highest BCUT2D eigenvalue weighted by Crippen LogP contribution is 2.30. The molecule has 10 nitrogen and oxygen atoms in total. The molecule has 2 fully saturated rings. The molecule has 6 rings (SSSR count). The molecule has 0 aliphatic carbocycles. The Hall–Kier alpha value is -4.36. The van der Waals surface area contributed by atoms with Crippen LogP contribution < -0.4 is 15.1 Å². The van der Waals surface area contributed by atoms with Crippen molar-refractivity contribution in [2.24, 2.45) is 0 Å². The predicted octanol–water partition coefficient (Wildman–Crippen LogP) is 3.84. The van der Waals surface area contributed by atoms with Crippen LogP contribution in [-0.2, 0) is 20.7 Å². The molecule has 3 aliphatic heterocycles. The summed E-state index contributed by atoms with van der Waals surface area (Å²) in [5.41, 5.74) is 8.18. The molecule has 43 heavy (non-hydrogen) atoms. The van der Waals surface area contributed by atoms with Crippen LogP contribution in [0.25, 0.3) is 23.4 Å². The summed E-state index contributed by atoms with van der Waals surface area (Å²) in [4.78, 5) is 33.9. The number of hydrogen-bond acceptors (Lipinski definition) is 7. The molecule has 0 unspecified atom stereocenters. The molecule has 0 atom stereocenters. The van der Waals surface area contributed by atoms with Crippen molar-refractivity contribution < 1.29 is 37.3 Å². The minimum absolute atomic E-state index is 0.0101. The number of alkyl halides is 3. The third-order valence-corrected chi connectivity index (χ3v) is 7.31. The third kappa shape index (κ3) is 7.54. The van der Waals surface area contributed by atoms with Gasteiger partial charge in [-0.1, -0.05) is 12.1 Å². The van der Waals surface area contributed by atoms with E-state index in [4.69, 9.17) is 19.4 Å². The molecule has 0 saturated carbocycles. The van der Waals surface area contributed by atoms with Crippen LogP contribution in [0.4, 0.5) is 24.5 Å². The van der Waals surface area contributed by atoms with Gasteiger partial charge in [0.05, 0.1) is 37.7 Å². The maximum Gasteiger partial charge on any atom is 0.490 e. The number of morpholine rings is 2. The lowest BCUT2D eigenvalue weighted by atomic mass is 10.1. The summed E-state index contributed by atoms with van der Waals surface area (Å²) in [6.45, 7) is 7.29. The van der Waals surface area contributed by atoms with E-state index < -0.39 is 12.1 Å². The third-order valence-electron chi connectivity index (χ3n) is 7.31. The summed E-state index contributed by atoms with van der Waals surface area (Å²) < 4.78 is 42.9. The van der Waals surface area contributed by atoms with Gasteiger partial charge in [0, 0.05) is 73.7 Å². The average molecular weight is 600 g/mol. The largest absolute Gasteiger partial charge is 0.490 e. The minimum Gasteiger partial charge on any atom is -0.475 e. The molecule has 1 aromatic carbocycles. The molecule has 5 heterocycles. The van der Waals surface area contributed by atoms with Crippen molar-refractivity contribution in [1.82, 2.24) is 15.3 Å². The number of aromatic nitrogens is 2. The Morgan fingerprint density at radius 3 is 2.28 bits per heavy atom. The fourth-order valence-electron chi connectivity index (χ4n) is 5.10. The van der Waals surface area contributed by atoms with Crippen LogP contribution in [0, 0.1) is 0 Å². The number of halogens is 3. The molecule has 228 valence electrons. The van der Waals surface area contributed by atoms with Gasteiger partial charge in [-0.3, -0.25) is 9.78 Å². The van der Waals surface area contributed by atoms with Gasteiger partial charge in [-0.25, -0.2) is 4.79 Å².